The van der Waals surface area contributed by atoms with Crippen LogP contribution in [0.25, 0.3) is 48.5 Å². The summed E-state index contributed by atoms with van der Waals surface area (Å²) >= 11 is 1.87. The second-order valence-electron chi connectivity index (χ2n) is 14.2. The first-order valence-electron chi connectivity index (χ1n) is 18.1. The molecule has 0 radical (unpaired) electrons. The number of hydrogen-bond donors (Lipinski definition) is 0. The first-order chi connectivity index (χ1) is 25.3. The molecule has 0 saturated carbocycles. The number of fused-ring (bicyclic) bond motifs is 5. The highest BCUT2D eigenvalue weighted by molar-refractivity contribution is 7.25. The lowest BCUT2D eigenvalue weighted by molar-refractivity contribution is 0.704. The summed E-state index contributed by atoms with van der Waals surface area (Å²) in [6, 6.07) is 40.1. The van der Waals surface area contributed by atoms with Crippen molar-refractivity contribution in [2.24, 2.45) is 0 Å². The molecular formula is C51H42S. The predicted molar refractivity (Wildman–Crippen MR) is 229 cm³/mol. The standard InChI is InChI=1S/C51H42S/c1-6-7-18-34(2)39-20-10-8-9-11-21-40(42-23-14-13-22-41(39)42)37-29-27-36(28-30-37)35(3)44-32-46-43-24-15-17-26-49(43)52-50(46)33-45(44)48-31-38-19-12-16-25-47(38)51(48,4)5/h6-7,10-33H,1-3,8-9H2,4-5H3/b18-7-,20-10?,21-11+,41-39?,42-40+. The first-order valence-corrected chi connectivity index (χ1v) is 18.9. The third-order valence-corrected chi connectivity index (χ3v) is 11.8. The van der Waals surface area contributed by atoms with Gasteiger partial charge < -0.3 is 0 Å². The van der Waals surface area contributed by atoms with Crippen molar-refractivity contribution in [3.8, 4) is 0 Å². The Morgan fingerprint density at radius 1 is 0.731 bits per heavy atom. The average Bonchev–Trinajstić information content (AvgIpc) is 3.67. The molecule has 52 heavy (non-hydrogen) atoms. The third-order valence-electron chi connectivity index (χ3n) is 10.6. The summed E-state index contributed by atoms with van der Waals surface area (Å²) in [6.45, 7) is 17.8. The van der Waals surface area contributed by atoms with E-state index in [1.165, 1.54) is 69.6 Å². The molecule has 6 aromatic rings. The van der Waals surface area contributed by atoms with Gasteiger partial charge in [0.25, 0.3) is 0 Å². The molecule has 252 valence electrons. The maximum atomic E-state index is 4.80. The normalized spacial score (nSPS) is 16.8. The fourth-order valence-electron chi connectivity index (χ4n) is 7.87. The van der Waals surface area contributed by atoms with E-state index in [1.54, 1.807) is 6.08 Å². The Balaban J connectivity index is 1.28. The van der Waals surface area contributed by atoms with Gasteiger partial charge in [-0.1, -0.05) is 167 Å². The van der Waals surface area contributed by atoms with E-state index >= 15 is 0 Å². The Morgan fingerprint density at radius 3 is 2.23 bits per heavy atom. The minimum atomic E-state index is -0.135. The molecule has 0 nitrogen and oxygen atoms in total. The Bertz CT molecular complexity index is 2680. The van der Waals surface area contributed by atoms with Crippen LogP contribution in [-0.2, 0) is 5.41 Å². The van der Waals surface area contributed by atoms with Gasteiger partial charge in [0.2, 0.25) is 0 Å². The molecular weight excluding hydrogens is 645 g/mol. The molecule has 5 aromatic carbocycles. The van der Waals surface area contributed by atoms with Crippen molar-refractivity contribution in [1.29, 1.82) is 0 Å². The summed E-state index contributed by atoms with van der Waals surface area (Å²) in [5.41, 5.74) is 12.9. The lowest BCUT2D eigenvalue weighted by Gasteiger charge is -2.27. The molecule has 1 heteroatoms. The maximum absolute atomic E-state index is 4.80. The van der Waals surface area contributed by atoms with Crippen molar-refractivity contribution < 1.29 is 0 Å². The molecule has 1 heterocycles. The Morgan fingerprint density at radius 2 is 1.44 bits per heavy atom. The largest absolute Gasteiger partial charge is 0.135 e. The minimum absolute atomic E-state index is 0.135. The highest BCUT2D eigenvalue weighted by Crippen LogP contribution is 2.50. The molecule has 1 aromatic heterocycles. The van der Waals surface area contributed by atoms with Gasteiger partial charge in [0.15, 0.2) is 0 Å². The van der Waals surface area contributed by atoms with Crippen LogP contribution < -0.4 is 10.4 Å². The van der Waals surface area contributed by atoms with Crippen molar-refractivity contribution in [3.63, 3.8) is 0 Å². The summed E-state index contributed by atoms with van der Waals surface area (Å²) in [4.78, 5) is 0. The zero-order valence-corrected chi connectivity index (χ0v) is 30.8. The van der Waals surface area contributed by atoms with Gasteiger partial charge in [0.1, 0.15) is 0 Å². The van der Waals surface area contributed by atoms with Crippen LogP contribution in [-0.4, -0.2) is 0 Å². The van der Waals surface area contributed by atoms with Crippen LogP contribution in [0, 0.1) is 0 Å². The van der Waals surface area contributed by atoms with Gasteiger partial charge in [0, 0.05) is 25.6 Å². The van der Waals surface area contributed by atoms with E-state index in [9.17, 15) is 0 Å². The van der Waals surface area contributed by atoms with Crippen LogP contribution in [0.3, 0.4) is 0 Å². The van der Waals surface area contributed by atoms with Crippen molar-refractivity contribution in [2.75, 3.05) is 0 Å². The van der Waals surface area contributed by atoms with Gasteiger partial charge in [-0.15, -0.1) is 11.3 Å². The Labute approximate surface area is 311 Å². The summed E-state index contributed by atoms with van der Waals surface area (Å²) in [7, 11) is 0. The summed E-state index contributed by atoms with van der Waals surface area (Å²) < 4.78 is 2.62. The topological polar surface area (TPSA) is 0 Å². The van der Waals surface area contributed by atoms with E-state index < -0.39 is 0 Å². The molecule has 8 rings (SSSR count). The molecule has 2 aliphatic carbocycles. The number of hydrogen-bond acceptors (Lipinski definition) is 1. The van der Waals surface area contributed by atoms with Gasteiger partial charge in [-0.05, 0) is 109 Å². The lowest BCUT2D eigenvalue weighted by atomic mass is 9.76. The lowest BCUT2D eigenvalue weighted by Crippen LogP contribution is -2.29. The molecule has 0 bridgehead atoms. The fraction of sp³-hybridized carbons (Fsp3) is 0.0980. The van der Waals surface area contributed by atoms with Crippen LogP contribution in [0.1, 0.15) is 60.1 Å². The van der Waals surface area contributed by atoms with Crippen molar-refractivity contribution in [3.05, 3.63) is 221 Å². The highest BCUT2D eigenvalue weighted by Gasteiger charge is 2.35. The summed E-state index contributed by atoms with van der Waals surface area (Å²) in [6.07, 6.45) is 19.2. The number of allylic oxidation sites excluding steroid dienone is 9. The average molecular weight is 687 g/mol. The fourth-order valence-corrected chi connectivity index (χ4v) is 9.00. The first kappa shape index (κ1) is 33.4. The molecule has 0 aliphatic heterocycles. The quantitative estimate of drug-likeness (QED) is 0.147. The molecule has 2 aliphatic rings. The Hall–Kier alpha value is -5.76. The SMILES string of the molecule is C=C/C=C\C(=C)C1=c2cccc/c2=C(c2ccc(C(=C)c3cc4c(cc3C3=Cc5ccccc5C3(C)C)sc3ccccc34)cc2)/C=C/CCC=C1. The van der Waals surface area contributed by atoms with Gasteiger partial charge in [0.05, 0.1) is 0 Å². The second-order valence-corrected chi connectivity index (χ2v) is 15.3. The molecule has 0 fully saturated rings. The van der Waals surface area contributed by atoms with E-state index in [4.69, 9.17) is 6.58 Å². The number of benzene rings is 5. The second kappa shape index (κ2) is 13.8. The highest BCUT2D eigenvalue weighted by atomic mass is 32.1. The van der Waals surface area contributed by atoms with Crippen LogP contribution >= 0.6 is 11.3 Å². The number of rotatable bonds is 7. The van der Waals surface area contributed by atoms with Gasteiger partial charge >= 0.3 is 0 Å². The molecule has 0 spiro atoms. The van der Waals surface area contributed by atoms with E-state index in [0.29, 0.717) is 0 Å². The smallest absolute Gasteiger partial charge is 0.0361 e. The predicted octanol–water partition coefficient (Wildman–Crippen LogP) is 12.5. The van der Waals surface area contributed by atoms with E-state index in [2.05, 4.69) is 167 Å². The van der Waals surface area contributed by atoms with Crippen LogP contribution in [0.4, 0.5) is 0 Å². The molecule has 0 amide bonds. The van der Waals surface area contributed by atoms with Gasteiger partial charge in [-0.2, -0.15) is 0 Å². The zero-order chi connectivity index (χ0) is 35.8. The zero-order valence-electron chi connectivity index (χ0n) is 30.0. The molecule has 0 saturated heterocycles. The van der Waals surface area contributed by atoms with E-state index in [0.717, 1.165) is 35.1 Å². The van der Waals surface area contributed by atoms with Crippen molar-refractivity contribution >= 4 is 59.9 Å². The maximum Gasteiger partial charge on any atom is 0.0361 e. The molecule has 0 atom stereocenters. The van der Waals surface area contributed by atoms with E-state index in [-0.39, 0.29) is 5.41 Å². The number of thiophene rings is 1. The van der Waals surface area contributed by atoms with Crippen LogP contribution in [0.15, 0.2) is 177 Å². The van der Waals surface area contributed by atoms with Crippen molar-refractivity contribution in [2.45, 2.75) is 32.1 Å². The van der Waals surface area contributed by atoms with Crippen molar-refractivity contribution in [1.82, 2.24) is 0 Å². The van der Waals surface area contributed by atoms with Gasteiger partial charge in [-0.3, -0.25) is 0 Å². The Kier molecular flexibility index (Phi) is 8.83. The van der Waals surface area contributed by atoms with E-state index in [1.807, 2.05) is 23.5 Å². The van der Waals surface area contributed by atoms with Crippen LogP contribution in [0.2, 0.25) is 0 Å². The monoisotopic (exact) mass is 686 g/mol. The summed E-state index contributed by atoms with van der Waals surface area (Å²) in [5, 5.41) is 4.94. The third kappa shape index (κ3) is 5.92. The molecule has 0 N–H and O–H groups in total. The minimum Gasteiger partial charge on any atom is -0.135 e. The molecule has 0 unspecified atom stereocenters. The van der Waals surface area contributed by atoms with Gasteiger partial charge in [-0.25, -0.2) is 0 Å². The summed E-state index contributed by atoms with van der Waals surface area (Å²) in [5.74, 6) is 0. The van der Waals surface area contributed by atoms with Crippen LogP contribution in [0.5, 0.6) is 0 Å².